The largest absolute Gasteiger partial charge is 0.456 e. The van der Waals surface area contributed by atoms with E-state index in [1.54, 1.807) is 18.9 Å². The smallest absolute Gasteiger partial charge is 0.330 e. The maximum absolute atomic E-state index is 12.5. The molecule has 0 aliphatic heterocycles. The van der Waals surface area contributed by atoms with E-state index in [4.69, 9.17) is 13.8 Å². The van der Waals surface area contributed by atoms with Gasteiger partial charge in [-0.25, -0.2) is 4.79 Å². The molecule has 0 saturated heterocycles. The highest BCUT2D eigenvalue weighted by Gasteiger charge is 2.34. The van der Waals surface area contributed by atoms with E-state index in [-0.39, 0.29) is 18.0 Å². The number of rotatable bonds is 9. The van der Waals surface area contributed by atoms with Crippen LogP contribution in [0.1, 0.15) is 26.2 Å². The SMILES string of the molecule is C=CC(=O)OC1CCC(CN(C)C(=O)C(C)CP(=O)(OC)OC)CC1O. The predicted octanol–water partition coefficient (Wildman–Crippen LogP) is 1.83. The van der Waals surface area contributed by atoms with Crippen molar-refractivity contribution in [2.75, 3.05) is 34.0 Å². The van der Waals surface area contributed by atoms with Gasteiger partial charge in [-0.3, -0.25) is 9.36 Å². The van der Waals surface area contributed by atoms with Crippen molar-refractivity contribution in [2.24, 2.45) is 11.8 Å². The van der Waals surface area contributed by atoms with Crippen LogP contribution < -0.4 is 0 Å². The molecule has 0 heterocycles. The lowest BCUT2D eigenvalue weighted by Crippen LogP contribution is -2.42. The van der Waals surface area contributed by atoms with Crippen LogP contribution in [0.25, 0.3) is 0 Å². The van der Waals surface area contributed by atoms with Gasteiger partial charge in [0.2, 0.25) is 5.91 Å². The lowest BCUT2D eigenvalue weighted by molar-refractivity contribution is -0.153. The van der Waals surface area contributed by atoms with E-state index < -0.39 is 31.7 Å². The summed E-state index contributed by atoms with van der Waals surface area (Å²) in [6.45, 7) is 5.49. The molecule has 1 fully saturated rings. The topological polar surface area (TPSA) is 102 Å². The highest BCUT2D eigenvalue weighted by molar-refractivity contribution is 7.53. The first-order valence-electron chi connectivity index (χ1n) is 8.62. The fourth-order valence-corrected chi connectivity index (χ4v) is 4.47. The predicted molar refractivity (Wildman–Crippen MR) is 96.7 cm³/mol. The van der Waals surface area contributed by atoms with E-state index in [0.29, 0.717) is 19.4 Å². The molecule has 0 radical (unpaired) electrons. The van der Waals surface area contributed by atoms with E-state index in [1.807, 2.05) is 0 Å². The summed E-state index contributed by atoms with van der Waals surface area (Å²) in [6.07, 6.45) is 1.49. The summed E-state index contributed by atoms with van der Waals surface area (Å²) in [7, 11) is 1.02. The molecule has 1 amide bonds. The van der Waals surface area contributed by atoms with Gasteiger partial charge in [0, 0.05) is 39.8 Å². The summed E-state index contributed by atoms with van der Waals surface area (Å²) >= 11 is 0. The Balaban J connectivity index is 2.53. The first-order valence-corrected chi connectivity index (χ1v) is 10.3. The van der Waals surface area contributed by atoms with Crippen molar-refractivity contribution in [2.45, 2.75) is 38.4 Å². The Hall–Kier alpha value is -1.21. The first-order chi connectivity index (χ1) is 12.2. The summed E-state index contributed by atoms with van der Waals surface area (Å²) in [5, 5.41) is 10.2. The zero-order valence-corrected chi connectivity index (χ0v) is 16.8. The van der Waals surface area contributed by atoms with E-state index in [1.165, 1.54) is 14.2 Å². The Morgan fingerprint density at radius 2 is 1.96 bits per heavy atom. The van der Waals surface area contributed by atoms with Crippen LogP contribution in [0.3, 0.4) is 0 Å². The van der Waals surface area contributed by atoms with Crippen molar-refractivity contribution in [3.05, 3.63) is 12.7 Å². The molecule has 0 bridgehead atoms. The van der Waals surface area contributed by atoms with E-state index >= 15 is 0 Å². The number of nitrogens with zero attached hydrogens (tertiary/aromatic N) is 1. The number of carbonyl (C=O) groups is 2. The molecule has 4 unspecified atom stereocenters. The normalized spacial score (nSPS) is 24.6. The van der Waals surface area contributed by atoms with Gasteiger partial charge in [0.1, 0.15) is 6.10 Å². The maximum Gasteiger partial charge on any atom is 0.330 e. The van der Waals surface area contributed by atoms with Crippen LogP contribution in [0.2, 0.25) is 0 Å². The second kappa shape index (κ2) is 10.2. The molecule has 1 aliphatic rings. The van der Waals surface area contributed by atoms with Gasteiger partial charge in [-0.2, -0.15) is 0 Å². The van der Waals surface area contributed by atoms with Crippen LogP contribution in [0.4, 0.5) is 0 Å². The van der Waals surface area contributed by atoms with Gasteiger partial charge < -0.3 is 23.8 Å². The third-order valence-corrected chi connectivity index (χ3v) is 6.79. The number of hydrogen-bond acceptors (Lipinski definition) is 7. The summed E-state index contributed by atoms with van der Waals surface area (Å²) in [5.74, 6) is -1.12. The van der Waals surface area contributed by atoms with E-state index in [9.17, 15) is 19.3 Å². The number of amides is 1. The zero-order chi connectivity index (χ0) is 19.9. The molecule has 1 rings (SSSR count). The Labute approximate surface area is 155 Å². The Morgan fingerprint density at radius 1 is 1.35 bits per heavy atom. The van der Waals surface area contributed by atoms with Crippen molar-refractivity contribution in [1.29, 1.82) is 0 Å². The van der Waals surface area contributed by atoms with Gasteiger partial charge in [0.15, 0.2) is 0 Å². The highest BCUT2D eigenvalue weighted by Crippen LogP contribution is 2.48. The average Bonchev–Trinajstić information content (AvgIpc) is 2.62. The molecule has 1 aliphatic carbocycles. The number of aliphatic hydroxyl groups excluding tert-OH is 1. The maximum atomic E-state index is 12.5. The standard InChI is InChI=1S/C17H30NO7P/c1-6-16(20)25-15-8-7-13(9-14(15)19)10-18(3)17(21)12(2)11-26(22,23-4)24-5/h6,12-15,19H,1,7-11H2,2-5H3. The molecule has 0 aromatic carbocycles. The minimum atomic E-state index is -3.25. The fourth-order valence-electron chi connectivity index (χ4n) is 3.19. The molecule has 150 valence electrons. The average molecular weight is 391 g/mol. The number of ether oxygens (including phenoxy) is 1. The Morgan fingerprint density at radius 3 is 2.46 bits per heavy atom. The van der Waals surface area contributed by atoms with Gasteiger partial charge in [-0.15, -0.1) is 0 Å². The minimum Gasteiger partial charge on any atom is -0.456 e. The molecule has 0 aromatic rings. The number of esters is 1. The van der Waals surface area contributed by atoms with Crippen molar-refractivity contribution >= 4 is 19.5 Å². The van der Waals surface area contributed by atoms with Crippen molar-refractivity contribution in [1.82, 2.24) is 4.90 Å². The molecule has 1 saturated carbocycles. The summed E-state index contributed by atoms with van der Waals surface area (Å²) in [4.78, 5) is 25.3. The van der Waals surface area contributed by atoms with Gasteiger partial charge >= 0.3 is 13.6 Å². The number of carbonyl (C=O) groups excluding carboxylic acids is 2. The second-order valence-corrected chi connectivity index (χ2v) is 9.02. The van der Waals surface area contributed by atoms with E-state index in [0.717, 1.165) is 12.5 Å². The molecule has 4 atom stereocenters. The summed E-state index contributed by atoms with van der Waals surface area (Å²) in [6, 6.07) is 0. The molecular formula is C17H30NO7P. The molecule has 8 nitrogen and oxygen atoms in total. The minimum absolute atomic E-state index is 0.00996. The molecular weight excluding hydrogens is 361 g/mol. The molecule has 26 heavy (non-hydrogen) atoms. The quantitative estimate of drug-likeness (QED) is 0.363. The van der Waals surface area contributed by atoms with Crippen LogP contribution >= 0.6 is 7.60 Å². The molecule has 0 spiro atoms. The van der Waals surface area contributed by atoms with Crippen LogP contribution in [0, 0.1) is 11.8 Å². The van der Waals surface area contributed by atoms with Crippen LogP contribution in [0.15, 0.2) is 12.7 Å². The Bertz CT molecular complexity index is 545. The van der Waals surface area contributed by atoms with Crippen LogP contribution in [-0.4, -0.2) is 68.1 Å². The lowest BCUT2D eigenvalue weighted by Gasteiger charge is -2.35. The lowest BCUT2D eigenvalue weighted by atomic mass is 9.85. The van der Waals surface area contributed by atoms with Gasteiger partial charge in [-0.1, -0.05) is 13.5 Å². The third kappa shape index (κ3) is 6.50. The molecule has 1 N–H and O–H groups in total. The van der Waals surface area contributed by atoms with Gasteiger partial charge in [-0.05, 0) is 25.2 Å². The van der Waals surface area contributed by atoms with Gasteiger partial charge in [0.05, 0.1) is 12.3 Å². The number of aliphatic hydroxyl groups is 1. The van der Waals surface area contributed by atoms with Crippen molar-refractivity contribution < 1.29 is 33.0 Å². The third-order valence-electron chi connectivity index (χ3n) is 4.68. The van der Waals surface area contributed by atoms with Crippen LogP contribution in [-0.2, 0) is 27.9 Å². The van der Waals surface area contributed by atoms with Crippen molar-refractivity contribution in [3.8, 4) is 0 Å². The first kappa shape index (κ1) is 22.8. The Kier molecular flexibility index (Phi) is 8.96. The second-order valence-electron chi connectivity index (χ2n) is 6.70. The van der Waals surface area contributed by atoms with Gasteiger partial charge in [0.25, 0.3) is 0 Å². The fraction of sp³-hybridized carbons (Fsp3) is 0.765. The zero-order valence-electron chi connectivity index (χ0n) is 15.9. The summed E-state index contributed by atoms with van der Waals surface area (Å²) in [5.41, 5.74) is 0. The molecule has 9 heteroatoms. The summed E-state index contributed by atoms with van der Waals surface area (Å²) < 4.78 is 27.1. The molecule has 0 aromatic heterocycles. The number of hydrogen-bond donors (Lipinski definition) is 1. The van der Waals surface area contributed by atoms with E-state index in [2.05, 4.69) is 6.58 Å². The van der Waals surface area contributed by atoms with Crippen molar-refractivity contribution in [3.63, 3.8) is 0 Å². The van der Waals surface area contributed by atoms with Crippen LogP contribution in [0.5, 0.6) is 0 Å². The monoisotopic (exact) mass is 391 g/mol. The highest BCUT2D eigenvalue weighted by atomic mass is 31.2.